The van der Waals surface area contributed by atoms with Gasteiger partial charge in [-0.05, 0) is 24.0 Å². The molecule has 1 amide bonds. The Balaban J connectivity index is 1.45. The molecular formula is C15H13N5OS3. The lowest BCUT2D eigenvalue weighted by Gasteiger charge is -2.13. The summed E-state index contributed by atoms with van der Waals surface area (Å²) >= 11 is 4.13. The quantitative estimate of drug-likeness (QED) is 0.681. The number of nitrogen functional groups attached to an aromatic ring is 1. The van der Waals surface area contributed by atoms with Crippen molar-refractivity contribution < 1.29 is 4.79 Å². The lowest BCUT2D eigenvalue weighted by atomic mass is 9.94. The molecule has 3 aromatic rings. The third-order valence-corrected chi connectivity index (χ3v) is 6.52. The van der Waals surface area contributed by atoms with Gasteiger partial charge in [-0.1, -0.05) is 58.7 Å². The smallest absolute Gasteiger partial charge is 0.236 e. The second-order valence-corrected chi connectivity index (χ2v) is 8.43. The Bertz CT molecular complexity index is 904. The summed E-state index contributed by atoms with van der Waals surface area (Å²) in [5.74, 6) is 0.156. The van der Waals surface area contributed by atoms with E-state index >= 15 is 0 Å². The number of thioether (sulfide) groups is 1. The molecule has 2 aromatic heterocycles. The summed E-state index contributed by atoms with van der Waals surface area (Å²) in [6.07, 6.45) is 1.91. The molecule has 6 nitrogen and oxygen atoms in total. The van der Waals surface area contributed by atoms with E-state index in [1.54, 1.807) is 0 Å². The molecule has 0 radical (unpaired) electrons. The van der Waals surface area contributed by atoms with Gasteiger partial charge in [-0.3, -0.25) is 4.79 Å². The standard InChI is InChI=1S/C15H13N5OS3/c16-13-19-20-15(24-13)22-7-11(21)18-14-17-10-6-5-8-3-1-2-4-9(8)12(10)23-14/h1-4H,5-7H2,(H2,16,19)(H,17,18,21). The van der Waals surface area contributed by atoms with E-state index in [0.717, 1.165) is 23.4 Å². The van der Waals surface area contributed by atoms with Crippen LogP contribution >= 0.6 is 34.4 Å². The van der Waals surface area contributed by atoms with Crippen LogP contribution in [0.3, 0.4) is 0 Å². The number of nitrogens with zero attached hydrogens (tertiary/aromatic N) is 3. The summed E-state index contributed by atoms with van der Waals surface area (Å²) < 4.78 is 0.690. The number of aryl methyl sites for hydroxylation is 2. The number of rotatable bonds is 4. The van der Waals surface area contributed by atoms with Gasteiger partial charge in [-0.15, -0.1) is 10.2 Å². The number of anilines is 2. The largest absolute Gasteiger partial charge is 0.374 e. The highest BCUT2D eigenvalue weighted by Crippen LogP contribution is 2.39. The number of nitrogens with two attached hydrogens (primary N) is 1. The molecule has 9 heteroatoms. The topological polar surface area (TPSA) is 93.8 Å². The van der Waals surface area contributed by atoms with Crippen LogP contribution in [-0.4, -0.2) is 26.8 Å². The molecule has 0 saturated carbocycles. The third-order valence-electron chi connectivity index (χ3n) is 3.59. The van der Waals surface area contributed by atoms with Crippen molar-refractivity contribution in [2.24, 2.45) is 0 Å². The van der Waals surface area contributed by atoms with Crippen LogP contribution in [0.5, 0.6) is 0 Å². The van der Waals surface area contributed by atoms with Gasteiger partial charge in [0.1, 0.15) is 0 Å². The predicted octanol–water partition coefficient (Wildman–Crippen LogP) is 3.07. The minimum absolute atomic E-state index is 0.104. The molecule has 0 bridgehead atoms. The average molecular weight is 376 g/mol. The van der Waals surface area contributed by atoms with E-state index in [1.165, 1.54) is 45.6 Å². The Kier molecular flexibility index (Phi) is 4.21. The molecule has 0 spiro atoms. The number of hydrogen-bond acceptors (Lipinski definition) is 8. The highest BCUT2D eigenvalue weighted by atomic mass is 32.2. The molecule has 2 heterocycles. The molecule has 0 saturated heterocycles. The van der Waals surface area contributed by atoms with E-state index in [-0.39, 0.29) is 11.7 Å². The number of thiazole rings is 1. The maximum atomic E-state index is 12.1. The Labute approximate surface area is 150 Å². The first-order valence-electron chi connectivity index (χ1n) is 7.28. The minimum Gasteiger partial charge on any atom is -0.374 e. The molecule has 3 N–H and O–H groups in total. The Hall–Kier alpha value is -1.97. The van der Waals surface area contributed by atoms with Crippen molar-refractivity contribution in [1.82, 2.24) is 15.2 Å². The van der Waals surface area contributed by atoms with Crippen molar-refractivity contribution in [2.75, 3.05) is 16.8 Å². The molecule has 24 heavy (non-hydrogen) atoms. The molecule has 0 unspecified atom stereocenters. The predicted molar refractivity (Wildman–Crippen MR) is 98.6 cm³/mol. The number of carbonyl (C=O) groups excluding carboxylic acids is 1. The SMILES string of the molecule is Nc1nnc(SCC(=O)Nc2nc3c(s2)-c2ccccc2CC3)s1. The van der Waals surface area contributed by atoms with Crippen molar-refractivity contribution in [3.63, 3.8) is 0 Å². The van der Waals surface area contributed by atoms with Crippen LogP contribution in [0.15, 0.2) is 28.6 Å². The van der Waals surface area contributed by atoms with Gasteiger partial charge in [0.2, 0.25) is 11.0 Å². The molecule has 0 aliphatic heterocycles. The second-order valence-electron chi connectivity index (χ2n) is 5.20. The normalized spacial score (nSPS) is 12.5. The zero-order valence-electron chi connectivity index (χ0n) is 12.5. The maximum Gasteiger partial charge on any atom is 0.236 e. The van der Waals surface area contributed by atoms with E-state index < -0.39 is 0 Å². The fourth-order valence-electron chi connectivity index (χ4n) is 2.56. The van der Waals surface area contributed by atoms with Gasteiger partial charge >= 0.3 is 0 Å². The van der Waals surface area contributed by atoms with E-state index in [9.17, 15) is 4.79 Å². The molecular weight excluding hydrogens is 362 g/mol. The first-order chi connectivity index (χ1) is 11.7. The molecule has 1 aromatic carbocycles. The average Bonchev–Trinajstić information content (AvgIpc) is 3.18. The van der Waals surface area contributed by atoms with Crippen molar-refractivity contribution in [2.45, 2.75) is 17.2 Å². The number of fused-ring (bicyclic) bond motifs is 3. The van der Waals surface area contributed by atoms with Crippen LogP contribution in [0.4, 0.5) is 10.3 Å². The Morgan fingerprint density at radius 3 is 2.96 bits per heavy atom. The number of amides is 1. The zero-order valence-corrected chi connectivity index (χ0v) is 14.9. The first-order valence-corrected chi connectivity index (χ1v) is 9.90. The summed E-state index contributed by atoms with van der Waals surface area (Å²) in [7, 11) is 0. The monoisotopic (exact) mass is 375 g/mol. The van der Waals surface area contributed by atoms with Crippen molar-refractivity contribution >= 4 is 50.6 Å². The summed E-state index contributed by atoms with van der Waals surface area (Å²) in [4.78, 5) is 17.9. The molecule has 1 aliphatic carbocycles. The summed E-state index contributed by atoms with van der Waals surface area (Å²) in [5, 5.41) is 11.6. The highest BCUT2D eigenvalue weighted by molar-refractivity contribution is 8.01. The second kappa shape index (κ2) is 6.50. The van der Waals surface area contributed by atoms with Crippen LogP contribution in [0, 0.1) is 0 Å². The van der Waals surface area contributed by atoms with E-state index in [1.807, 2.05) is 6.07 Å². The van der Waals surface area contributed by atoms with E-state index in [0.29, 0.717) is 14.6 Å². The minimum atomic E-state index is -0.104. The molecule has 4 rings (SSSR count). The lowest BCUT2D eigenvalue weighted by molar-refractivity contribution is -0.113. The number of carbonyl (C=O) groups is 1. The fourth-order valence-corrected chi connectivity index (χ4v) is 5.08. The van der Waals surface area contributed by atoms with Crippen LogP contribution in [-0.2, 0) is 17.6 Å². The van der Waals surface area contributed by atoms with Crippen LogP contribution in [0.1, 0.15) is 11.3 Å². The fraction of sp³-hybridized carbons (Fsp3) is 0.200. The third kappa shape index (κ3) is 3.14. The summed E-state index contributed by atoms with van der Waals surface area (Å²) in [6.45, 7) is 0. The van der Waals surface area contributed by atoms with Crippen LogP contribution in [0.2, 0.25) is 0 Å². The van der Waals surface area contributed by atoms with Gasteiger partial charge < -0.3 is 11.1 Å². The summed E-state index contributed by atoms with van der Waals surface area (Å²) in [5.41, 5.74) is 9.17. The number of benzene rings is 1. The van der Waals surface area contributed by atoms with Crippen molar-refractivity contribution in [3.05, 3.63) is 35.5 Å². The van der Waals surface area contributed by atoms with Gasteiger partial charge in [-0.25, -0.2) is 4.98 Å². The Morgan fingerprint density at radius 2 is 2.12 bits per heavy atom. The van der Waals surface area contributed by atoms with Gasteiger partial charge in [-0.2, -0.15) is 0 Å². The number of hydrogen-bond donors (Lipinski definition) is 2. The maximum absolute atomic E-state index is 12.1. The lowest BCUT2D eigenvalue weighted by Crippen LogP contribution is -2.13. The van der Waals surface area contributed by atoms with Gasteiger partial charge in [0, 0.05) is 0 Å². The molecule has 1 aliphatic rings. The molecule has 0 fully saturated rings. The van der Waals surface area contributed by atoms with Crippen molar-refractivity contribution in [3.8, 4) is 10.4 Å². The molecule has 122 valence electrons. The highest BCUT2D eigenvalue weighted by Gasteiger charge is 2.21. The van der Waals surface area contributed by atoms with Gasteiger partial charge in [0.25, 0.3) is 0 Å². The molecule has 0 atom stereocenters. The van der Waals surface area contributed by atoms with Gasteiger partial charge in [0.15, 0.2) is 9.47 Å². The van der Waals surface area contributed by atoms with Crippen LogP contribution in [0.25, 0.3) is 10.4 Å². The van der Waals surface area contributed by atoms with E-state index in [2.05, 4.69) is 38.7 Å². The number of aromatic nitrogens is 3. The van der Waals surface area contributed by atoms with E-state index in [4.69, 9.17) is 5.73 Å². The first kappa shape index (κ1) is 15.6. The van der Waals surface area contributed by atoms with Gasteiger partial charge in [0.05, 0.1) is 16.3 Å². The Morgan fingerprint density at radius 1 is 1.25 bits per heavy atom. The van der Waals surface area contributed by atoms with Crippen LogP contribution < -0.4 is 11.1 Å². The summed E-state index contributed by atoms with van der Waals surface area (Å²) in [6, 6.07) is 8.37. The van der Waals surface area contributed by atoms with Crippen molar-refractivity contribution in [1.29, 1.82) is 0 Å². The zero-order chi connectivity index (χ0) is 16.5. The number of nitrogens with one attached hydrogen (secondary N) is 1.